The maximum absolute atomic E-state index is 13.4. The van der Waals surface area contributed by atoms with E-state index in [2.05, 4.69) is 25.3 Å². The summed E-state index contributed by atoms with van der Waals surface area (Å²) in [6.45, 7) is -2.44. The highest BCUT2D eigenvalue weighted by atomic mass is 19.3. The average molecular weight is 451 g/mol. The molecule has 10 nitrogen and oxygen atoms in total. The average Bonchev–Trinajstić information content (AvgIpc) is 3.61. The summed E-state index contributed by atoms with van der Waals surface area (Å²) in [5, 5.41) is 12.1. The van der Waals surface area contributed by atoms with Crippen LogP contribution in [0.3, 0.4) is 0 Å². The number of H-pyrrole nitrogens is 1. The number of carbonyl (C=O) groups is 1. The molecule has 1 N–H and O–H groups in total. The van der Waals surface area contributed by atoms with Gasteiger partial charge in [0.15, 0.2) is 0 Å². The van der Waals surface area contributed by atoms with Gasteiger partial charge in [0.2, 0.25) is 0 Å². The Hall–Kier alpha value is -4.35. The van der Waals surface area contributed by atoms with Gasteiger partial charge in [-0.2, -0.15) is 13.9 Å². The Kier molecular flexibility index (Phi) is 4.31. The van der Waals surface area contributed by atoms with Crippen molar-refractivity contribution in [1.82, 2.24) is 34.8 Å². The van der Waals surface area contributed by atoms with E-state index >= 15 is 0 Å². The minimum Gasteiger partial charge on any atom is -0.458 e. The highest BCUT2D eigenvalue weighted by molar-refractivity contribution is 5.90. The van der Waals surface area contributed by atoms with Crippen LogP contribution in [-0.2, 0) is 6.42 Å². The van der Waals surface area contributed by atoms with Crippen LogP contribution in [0.25, 0.3) is 22.4 Å². The SMILES string of the molecule is O=C(c1nnc(-c2cnn(C(F)F)c2)o1)N1CCc2[nH]cnc2[C@H]1c1cc2ccccc2o1. The van der Waals surface area contributed by atoms with Crippen LogP contribution in [0.4, 0.5) is 8.78 Å². The Bertz CT molecular complexity index is 1430. The first-order chi connectivity index (χ1) is 16.1. The zero-order valence-corrected chi connectivity index (χ0v) is 16.9. The number of aromatic nitrogens is 6. The van der Waals surface area contributed by atoms with Crippen LogP contribution >= 0.6 is 0 Å². The van der Waals surface area contributed by atoms with Crippen molar-refractivity contribution in [2.45, 2.75) is 19.0 Å². The Morgan fingerprint density at radius 1 is 1.21 bits per heavy atom. The third-order valence-corrected chi connectivity index (χ3v) is 5.56. The molecule has 12 heteroatoms. The summed E-state index contributed by atoms with van der Waals surface area (Å²) < 4.78 is 37.6. The summed E-state index contributed by atoms with van der Waals surface area (Å²) in [6, 6.07) is 8.83. The maximum Gasteiger partial charge on any atom is 0.333 e. The van der Waals surface area contributed by atoms with Crippen LogP contribution in [0.5, 0.6) is 0 Å². The normalized spacial score (nSPS) is 16.0. The van der Waals surface area contributed by atoms with E-state index in [0.29, 0.717) is 34.7 Å². The van der Waals surface area contributed by atoms with Crippen LogP contribution in [0.1, 0.15) is 40.4 Å². The highest BCUT2D eigenvalue weighted by Gasteiger charge is 2.38. The molecule has 0 spiro atoms. The molecular formula is C21H15F2N7O3. The van der Waals surface area contributed by atoms with Crippen LogP contribution in [0, 0.1) is 0 Å². The molecule has 33 heavy (non-hydrogen) atoms. The molecule has 0 fully saturated rings. The molecule has 1 aromatic carbocycles. The quantitative estimate of drug-likeness (QED) is 0.444. The van der Waals surface area contributed by atoms with Crippen molar-refractivity contribution < 1.29 is 22.4 Å². The highest BCUT2D eigenvalue weighted by Crippen LogP contribution is 2.37. The van der Waals surface area contributed by atoms with Crippen molar-refractivity contribution in [3.05, 3.63) is 72.1 Å². The Morgan fingerprint density at radius 2 is 2.09 bits per heavy atom. The third-order valence-electron chi connectivity index (χ3n) is 5.56. The van der Waals surface area contributed by atoms with Gasteiger partial charge in [0.05, 0.1) is 23.8 Å². The fourth-order valence-electron chi connectivity index (χ4n) is 4.03. The first kappa shape index (κ1) is 19.3. The van der Waals surface area contributed by atoms with Gasteiger partial charge >= 0.3 is 18.3 Å². The molecule has 6 rings (SSSR count). The number of furan rings is 1. The van der Waals surface area contributed by atoms with E-state index in [1.165, 1.54) is 6.20 Å². The summed E-state index contributed by atoms with van der Waals surface area (Å²) in [4.78, 5) is 22.5. The Morgan fingerprint density at radius 3 is 2.91 bits per heavy atom. The summed E-state index contributed by atoms with van der Waals surface area (Å²) in [6.07, 6.45) is 4.38. The summed E-state index contributed by atoms with van der Waals surface area (Å²) in [5.41, 5.74) is 2.46. The lowest BCUT2D eigenvalue weighted by Gasteiger charge is -2.32. The molecule has 0 radical (unpaired) electrons. The monoisotopic (exact) mass is 451 g/mol. The van der Waals surface area contributed by atoms with Gasteiger partial charge in [-0.05, 0) is 12.1 Å². The van der Waals surface area contributed by atoms with Crippen molar-refractivity contribution in [3.8, 4) is 11.5 Å². The van der Waals surface area contributed by atoms with Crippen molar-refractivity contribution in [3.63, 3.8) is 0 Å². The van der Waals surface area contributed by atoms with Crippen LogP contribution in [0.2, 0.25) is 0 Å². The number of para-hydroxylation sites is 1. The van der Waals surface area contributed by atoms with Gasteiger partial charge in [0.25, 0.3) is 5.89 Å². The smallest absolute Gasteiger partial charge is 0.333 e. The topological polar surface area (TPSA) is 119 Å². The molecule has 0 saturated carbocycles. The molecule has 1 amide bonds. The second-order valence-corrected chi connectivity index (χ2v) is 7.50. The van der Waals surface area contributed by atoms with E-state index in [1.54, 1.807) is 11.2 Å². The fourth-order valence-corrected chi connectivity index (χ4v) is 4.03. The number of fused-ring (bicyclic) bond motifs is 2. The number of aromatic amines is 1. The van der Waals surface area contributed by atoms with Crippen LogP contribution < -0.4 is 0 Å². The molecule has 0 bridgehead atoms. The molecule has 1 atom stereocenters. The van der Waals surface area contributed by atoms with Crippen molar-refractivity contribution in [2.24, 2.45) is 0 Å². The number of alkyl halides is 2. The second-order valence-electron chi connectivity index (χ2n) is 7.50. The van der Waals surface area contributed by atoms with E-state index in [1.807, 2.05) is 30.3 Å². The van der Waals surface area contributed by atoms with Gasteiger partial charge in [-0.3, -0.25) is 4.79 Å². The lowest BCUT2D eigenvalue weighted by Crippen LogP contribution is -2.40. The lowest BCUT2D eigenvalue weighted by atomic mass is 10.00. The van der Waals surface area contributed by atoms with E-state index in [-0.39, 0.29) is 17.3 Å². The van der Waals surface area contributed by atoms with Gasteiger partial charge in [-0.1, -0.05) is 18.2 Å². The summed E-state index contributed by atoms with van der Waals surface area (Å²) in [7, 11) is 0. The number of amides is 1. The standard InChI is InChI=1S/C21H15F2N7O3/c22-21(23)30-9-12(8-26-30)18-27-28-19(33-18)20(31)29-6-5-13-16(25-10-24-13)17(29)15-7-11-3-1-2-4-14(11)32-15/h1-4,7-10,17,21H,5-6H2,(H,24,25)/t17-/m1/s1. The summed E-state index contributed by atoms with van der Waals surface area (Å²) >= 11 is 0. The van der Waals surface area contributed by atoms with Gasteiger partial charge in [0, 0.05) is 30.2 Å². The van der Waals surface area contributed by atoms with E-state index in [9.17, 15) is 13.6 Å². The zero-order valence-electron chi connectivity index (χ0n) is 16.9. The van der Waals surface area contributed by atoms with E-state index in [0.717, 1.165) is 17.3 Å². The number of hydrogen-bond acceptors (Lipinski definition) is 7. The predicted octanol–water partition coefficient (Wildman–Crippen LogP) is 3.59. The Balaban J connectivity index is 1.36. The zero-order chi connectivity index (χ0) is 22.5. The van der Waals surface area contributed by atoms with Gasteiger partial charge in [-0.15, -0.1) is 10.2 Å². The Labute approximate surface area is 183 Å². The van der Waals surface area contributed by atoms with Gasteiger partial charge in [-0.25, -0.2) is 9.67 Å². The lowest BCUT2D eigenvalue weighted by molar-refractivity contribution is 0.0566. The molecule has 4 aromatic heterocycles. The molecule has 1 aliphatic heterocycles. The number of carbonyl (C=O) groups excluding carboxylic acids is 1. The molecule has 5 heterocycles. The number of nitrogens with one attached hydrogen (secondary N) is 1. The van der Waals surface area contributed by atoms with Crippen LogP contribution in [-0.4, -0.2) is 47.3 Å². The minimum atomic E-state index is -2.80. The number of halogens is 2. The van der Waals surface area contributed by atoms with E-state index < -0.39 is 18.5 Å². The molecule has 0 saturated heterocycles. The first-order valence-electron chi connectivity index (χ1n) is 10.1. The number of imidazole rings is 1. The minimum absolute atomic E-state index is 0.0806. The summed E-state index contributed by atoms with van der Waals surface area (Å²) in [5.74, 6) is -0.317. The first-order valence-corrected chi connectivity index (χ1v) is 10.1. The third kappa shape index (κ3) is 3.18. The second kappa shape index (κ2) is 7.36. The number of nitrogens with zero attached hydrogens (tertiary/aromatic N) is 6. The van der Waals surface area contributed by atoms with Crippen molar-refractivity contribution in [1.29, 1.82) is 0 Å². The maximum atomic E-state index is 13.4. The van der Waals surface area contributed by atoms with Gasteiger partial charge < -0.3 is 18.7 Å². The molecule has 5 aromatic rings. The largest absolute Gasteiger partial charge is 0.458 e. The predicted molar refractivity (Wildman–Crippen MR) is 108 cm³/mol. The molecule has 0 aliphatic carbocycles. The van der Waals surface area contributed by atoms with Crippen LogP contribution in [0.15, 0.2) is 57.9 Å². The van der Waals surface area contributed by atoms with Crippen molar-refractivity contribution >= 4 is 16.9 Å². The molecule has 166 valence electrons. The molecule has 0 unspecified atom stereocenters. The molecular weight excluding hydrogens is 436 g/mol. The van der Waals surface area contributed by atoms with E-state index in [4.69, 9.17) is 8.83 Å². The number of rotatable bonds is 4. The molecule has 1 aliphatic rings. The van der Waals surface area contributed by atoms with Gasteiger partial charge in [0.1, 0.15) is 17.4 Å². The van der Waals surface area contributed by atoms with Crippen molar-refractivity contribution in [2.75, 3.05) is 6.54 Å². The number of hydrogen-bond donors (Lipinski definition) is 1. The fraction of sp³-hybridized carbons (Fsp3) is 0.190. The number of benzene rings is 1.